The van der Waals surface area contributed by atoms with E-state index in [1.165, 1.54) is 22.0 Å². The van der Waals surface area contributed by atoms with E-state index in [9.17, 15) is 12.8 Å². The Morgan fingerprint density at radius 1 is 0.914 bits per heavy atom. The number of nitrogens with zero attached hydrogens (tertiary/aromatic N) is 3. The fourth-order valence-corrected chi connectivity index (χ4v) is 6.24. The Balaban J connectivity index is 1.38. The number of benzene rings is 3. The molecule has 3 aromatic carbocycles. The second kappa shape index (κ2) is 10.1. The van der Waals surface area contributed by atoms with Crippen molar-refractivity contribution in [3.05, 3.63) is 114 Å². The minimum atomic E-state index is -3.90. The Morgan fingerprint density at radius 2 is 1.60 bits per heavy atom. The molecular weight excluding hydrogens is 465 g/mol. The summed E-state index contributed by atoms with van der Waals surface area (Å²) in [5.74, 6) is 0.355. The molecule has 180 valence electrons. The average molecular weight is 492 g/mol. The summed E-state index contributed by atoms with van der Waals surface area (Å²) in [4.78, 5) is 4.62. The lowest BCUT2D eigenvalue weighted by Crippen LogP contribution is -2.31. The minimum absolute atomic E-state index is 0.0233. The van der Waals surface area contributed by atoms with E-state index in [1.54, 1.807) is 0 Å². The molecule has 0 unspecified atom stereocenters. The summed E-state index contributed by atoms with van der Waals surface area (Å²) in [6.45, 7) is 0.278. The third-order valence-electron chi connectivity index (χ3n) is 6.42. The van der Waals surface area contributed by atoms with Gasteiger partial charge in [-0.3, -0.25) is 0 Å². The number of hydrogen-bond acceptors (Lipinski definition) is 5. The first-order chi connectivity index (χ1) is 17.0. The van der Waals surface area contributed by atoms with E-state index in [0.717, 1.165) is 30.5 Å². The molecule has 1 aliphatic heterocycles. The molecule has 5 rings (SSSR count). The quantitative estimate of drug-likeness (QED) is 0.334. The van der Waals surface area contributed by atoms with Crippen LogP contribution in [0.15, 0.2) is 94.3 Å². The molecular formula is C27H26FN3O3S. The van der Waals surface area contributed by atoms with Crippen molar-refractivity contribution < 1.29 is 17.3 Å². The molecule has 1 fully saturated rings. The number of hydrogen-bond donors (Lipinski definition) is 0. The Labute approximate surface area is 204 Å². The van der Waals surface area contributed by atoms with Crippen LogP contribution < -0.4 is 0 Å². The van der Waals surface area contributed by atoms with E-state index in [4.69, 9.17) is 4.52 Å². The Hall–Kier alpha value is -3.36. The van der Waals surface area contributed by atoms with Crippen molar-refractivity contribution in [1.29, 1.82) is 0 Å². The van der Waals surface area contributed by atoms with Crippen molar-refractivity contribution in [2.24, 2.45) is 0 Å². The van der Waals surface area contributed by atoms with Gasteiger partial charge in [-0.2, -0.15) is 9.29 Å². The third-order valence-corrected chi connectivity index (χ3v) is 8.31. The second-order valence-electron chi connectivity index (χ2n) is 8.78. The van der Waals surface area contributed by atoms with Crippen LogP contribution in [0.4, 0.5) is 4.39 Å². The van der Waals surface area contributed by atoms with Gasteiger partial charge in [0, 0.05) is 13.0 Å². The molecule has 2 atom stereocenters. The van der Waals surface area contributed by atoms with Crippen molar-refractivity contribution >= 4 is 10.0 Å². The zero-order valence-corrected chi connectivity index (χ0v) is 19.9. The SMILES string of the molecule is O=S(=O)(c1ccc(F)cc1)N1C[C@H](c2ccccc2)C[C@H]1c1nc(CCCc2ccccc2)no1. The first kappa shape index (κ1) is 23.4. The highest BCUT2D eigenvalue weighted by molar-refractivity contribution is 7.89. The van der Waals surface area contributed by atoms with Crippen molar-refractivity contribution in [2.45, 2.75) is 42.5 Å². The maximum atomic E-state index is 13.6. The normalized spacial score (nSPS) is 18.7. The van der Waals surface area contributed by atoms with Crippen LogP contribution in [0.25, 0.3) is 0 Å². The van der Waals surface area contributed by atoms with Gasteiger partial charge in [-0.05, 0) is 60.6 Å². The van der Waals surface area contributed by atoms with E-state index in [-0.39, 0.29) is 17.4 Å². The highest BCUT2D eigenvalue weighted by Crippen LogP contribution is 2.43. The lowest BCUT2D eigenvalue weighted by Gasteiger charge is -2.21. The third kappa shape index (κ3) is 5.18. The number of sulfonamides is 1. The molecule has 4 aromatic rings. The van der Waals surface area contributed by atoms with Crippen LogP contribution in [-0.2, 0) is 22.9 Å². The molecule has 1 aliphatic rings. The maximum absolute atomic E-state index is 13.6. The van der Waals surface area contributed by atoms with Gasteiger partial charge in [0.05, 0.1) is 4.90 Å². The molecule has 8 heteroatoms. The van der Waals surface area contributed by atoms with Gasteiger partial charge in [-0.25, -0.2) is 12.8 Å². The summed E-state index contributed by atoms with van der Waals surface area (Å²) < 4.78 is 47.6. The average Bonchev–Trinajstić information content (AvgIpc) is 3.53. The van der Waals surface area contributed by atoms with Gasteiger partial charge in [0.1, 0.15) is 11.9 Å². The Bertz CT molecular complexity index is 1360. The molecule has 2 heterocycles. The van der Waals surface area contributed by atoms with Crippen LogP contribution in [0.2, 0.25) is 0 Å². The highest BCUT2D eigenvalue weighted by Gasteiger charge is 2.44. The van der Waals surface area contributed by atoms with E-state index >= 15 is 0 Å². The molecule has 0 radical (unpaired) electrons. The summed E-state index contributed by atoms with van der Waals surface area (Å²) in [7, 11) is -3.90. The van der Waals surface area contributed by atoms with Crippen LogP contribution in [0.5, 0.6) is 0 Å². The molecule has 1 aromatic heterocycles. The topological polar surface area (TPSA) is 76.3 Å². The zero-order chi connectivity index (χ0) is 24.3. The number of halogens is 1. The largest absolute Gasteiger partial charge is 0.338 e. The molecule has 0 aliphatic carbocycles. The molecule has 0 bridgehead atoms. The monoisotopic (exact) mass is 491 g/mol. The molecule has 0 amide bonds. The molecule has 35 heavy (non-hydrogen) atoms. The Morgan fingerprint density at radius 3 is 2.31 bits per heavy atom. The van der Waals surface area contributed by atoms with E-state index in [2.05, 4.69) is 22.3 Å². The van der Waals surface area contributed by atoms with Gasteiger partial charge in [-0.1, -0.05) is 65.8 Å². The fraction of sp³-hybridized carbons (Fsp3) is 0.259. The molecule has 1 saturated heterocycles. The summed E-state index contributed by atoms with van der Waals surface area (Å²) in [5, 5.41) is 4.13. The summed E-state index contributed by atoms with van der Waals surface area (Å²) in [5.41, 5.74) is 2.30. The highest BCUT2D eigenvalue weighted by atomic mass is 32.2. The maximum Gasteiger partial charge on any atom is 0.245 e. The first-order valence-electron chi connectivity index (χ1n) is 11.7. The van der Waals surface area contributed by atoms with E-state index < -0.39 is 21.9 Å². The van der Waals surface area contributed by atoms with Crippen LogP contribution in [0.3, 0.4) is 0 Å². The fourth-order valence-electron chi connectivity index (χ4n) is 4.60. The molecule has 6 nitrogen and oxygen atoms in total. The van der Waals surface area contributed by atoms with Crippen LogP contribution >= 0.6 is 0 Å². The van der Waals surface area contributed by atoms with Crippen LogP contribution in [-0.4, -0.2) is 29.4 Å². The van der Waals surface area contributed by atoms with Crippen molar-refractivity contribution in [3.8, 4) is 0 Å². The van der Waals surface area contributed by atoms with Crippen LogP contribution in [0, 0.1) is 5.82 Å². The molecule has 0 N–H and O–H groups in total. The van der Waals surface area contributed by atoms with Crippen molar-refractivity contribution in [2.75, 3.05) is 6.54 Å². The second-order valence-corrected chi connectivity index (χ2v) is 10.7. The van der Waals surface area contributed by atoms with E-state index in [0.29, 0.717) is 24.6 Å². The molecule has 0 saturated carbocycles. The number of rotatable bonds is 8. The number of aryl methyl sites for hydroxylation is 2. The predicted octanol–water partition coefficient (Wildman–Crippen LogP) is 5.30. The van der Waals surface area contributed by atoms with Crippen molar-refractivity contribution in [3.63, 3.8) is 0 Å². The number of aromatic nitrogens is 2. The zero-order valence-electron chi connectivity index (χ0n) is 19.1. The van der Waals surface area contributed by atoms with Gasteiger partial charge in [0.25, 0.3) is 0 Å². The summed E-state index contributed by atoms with van der Waals surface area (Å²) in [6, 6.07) is 24.3. The predicted molar refractivity (Wildman–Crippen MR) is 130 cm³/mol. The molecule has 0 spiro atoms. The summed E-state index contributed by atoms with van der Waals surface area (Å²) >= 11 is 0. The van der Waals surface area contributed by atoms with Gasteiger partial charge >= 0.3 is 0 Å². The van der Waals surface area contributed by atoms with Crippen molar-refractivity contribution in [1.82, 2.24) is 14.4 Å². The lowest BCUT2D eigenvalue weighted by atomic mass is 9.96. The summed E-state index contributed by atoms with van der Waals surface area (Å²) in [6.07, 6.45) is 2.92. The van der Waals surface area contributed by atoms with Gasteiger partial charge in [0.2, 0.25) is 15.9 Å². The smallest absolute Gasteiger partial charge is 0.245 e. The van der Waals surface area contributed by atoms with Gasteiger partial charge in [-0.15, -0.1) is 0 Å². The first-order valence-corrected chi connectivity index (χ1v) is 13.1. The lowest BCUT2D eigenvalue weighted by molar-refractivity contribution is 0.289. The minimum Gasteiger partial charge on any atom is -0.338 e. The van der Waals surface area contributed by atoms with Gasteiger partial charge < -0.3 is 4.52 Å². The Kier molecular flexibility index (Phi) is 6.74. The van der Waals surface area contributed by atoms with E-state index in [1.807, 2.05) is 48.5 Å². The van der Waals surface area contributed by atoms with Gasteiger partial charge in [0.15, 0.2) is 5.82 Å². The van der Waals surface area contributed by atoms with Crippen LogP contribution in [0.1, 0.15) is 47.6 Å². The standard InChI is InChI=1S/C27H26FN3O3S/c28-23-14-16-24(17-15-23)35(32,33)31-19-22(21-11-5-2-6-12-21)18-25(31)27-29-26(30-34-27)13-7-10-20-8-3-1-4-9-20/h1-6,8-9,11-12,14-17,22,25H,7,10,13,18-19H2/t22-,25+/m1/s1.